The Hall–Kier alpha value is -1.77. The molecule has 0 aliphatic rings. The van der Waals surface area contributed by atoms with Crippen LogP contribution in [0.5, 0.6) is 0 Å². The highest BCUT2D eigenvalue weighted by atomic mass is 19.4. The molecule has 1 aromatic rings. The lowest BCUT2D eigenvalue weighted by molar-refractivity contribution is -0.143. The van der Waals surface area contributed by atoms with Crippen molar-refractivity contribution in [2.75, 3.05) is 13.6 Å². The van der Waals surface area contributed by atoms with Crippen LogP contribution in [0.25, 0.3) is 0 Å². The predicted octanol–water partition coefficient (Wildman–Crippen LogP) is 2.56. The van der Waals surface area contributed by atoms with Gasteiger partial charge in [-0.15, -0.1) is 0 Å². The minimum atomic E-state index is -4.88. The van der Waals surface area contributed by atoms with Crippen LogP contribution in [-0.4, -0.2) is 19.5 Å². The quantitative estimate of drug-likeness (QED) is 0.839. The van der Waals surface area contributed by atoms with Gasteiger partial charge in [0.15, 0.2) is 0 Å². The topological polar surface area (TPSA) is 41.1 Å². The fourth-order valence-corrected chi connectivity index (χ4v) is 1.53. The molecule has 1 aromatic carbocycles. The Morgan fingerprint density at radius 2 is 1.48 bits per heavy atom. The standard InChI is InChI=1S/C12H12F6N2O/c1-19-10(21)6-20-5-7-2-8(11(13,14)15)4-9(3-7)12(16,17)18/h2-4,20H,5-6H2,1H3,(H,19,21). The predicted molar refractivity (Wildman–Crippen MR) is 62.2 cm³/mol. The minimum Gasteiger partial charge on any atom is -0.358 e. The molecule has 0 radical (unpaired) electrons. The first kappa shape index (κ1) is 17.3. The molecule has 0 spiro atoms. The molecule has 21 heavy (non-hydrogen) atoms. The zero-order valence-electron chi connectivity index (χ0n) is 10.8. The summed E-state index contributed by atoms with van der Waals surface area (Å²) in [7, 11) is 1.36. The van der Waals surface area contributed by atoms with Crippen molar-refractivity contribution >= 4 is 5.91 Å². The number of nitrogens with one attached hydrogen (secondary N) is 2. The van der Waals surface area contributed by atoms with Gasteiger partial charge < -0.3 is 10.6 Å². The largest absolute Gasteiger partial charge is 0.416 e. The number of alkyl halides is 6. The van der Waals surface area contributed by atoms with Gasteiger partial charge in [-0.3, -0.25) is 4.79 Å². The first-order chi connectivity index (χ1) is 9.54. The normalized spacial score (nSPS) is 12.3. The molecule has 118 valence electrons. The molecule has 0 heterocycles. The molecule has 0 aliphatic heterocycles. The van der Waals surface area contributed by atoms with Gasteiger partial charge in [0, 0.05) is 13.6 Å². The van der Waals surface area contributed by atoms with E-state index in [-0.39, 0.29) is 24.7 Å². The van der Waals surface area contributed by atoms with Crippen LogP contribution in [-0.2, 0) is 23.7 Å². The van der Waals surface area contributed by atoms with Gasteiger partial charge >= 0.3 is 12.4 Å². The summed E-state index contributed by atoms with van der Waals surface area (Å²) in [6.45, 7) is -0.505. The summed E-state index contributed by atoms with van der Waals surface area (Å²) in [6, 6.07) is 1.29. The van der Waals surface area contributed by atoms with Crippen LogP contribution in [0.3, 0.4) is 0 Å². The lowest BCUT2D eigenvalue weighted by Gasteiger charge is -2.14. The number of carbonyl (C=O) groups excluding carboxylic acids is 1. The summed E-state index contributed by atoms with van der Waals surface area (Å²) in [6.07, 6.45) is -9.76. The summed E-state index contributed by atoms with van der Waals surface area (Å²) in [4.78, 5) is 10.9. The van der Waals surface area contributed by atoms with Gasteiger partial charge in [0.2, 0.25) is 5.91 Å². The van der Waals surface area contributed by atoms with E-state index in [9.17, 15) is 31.1 Å². The molecule has 0 aliphatic carbocycles. The van der Waals surface area contributed by atoms with Crippen LogP contribution in [0.15, 0.2) is 18.2 Å². The smallest absolute Gasteiger partial charge is 0.358 e. The third kappa shape index (κ3) is 5.25. The molecule has 0 saturated heterocycles. The molecule has 1 rings (SSSR count). The van der Waals surface area contributed by atoms with Crippen LogP contribution in [0, 0.1) is 0 Å². The summed E-state index contributed by atoms with van der Waals surface area (Å²) in [5, 5.41) is 4.72. The maximum Gasteiger partial charge on any atom is 0.416 e. The number of halogens is 6. The van der Waals surface area contributed by atoms with Crippen molar-refractivity contribution in [3.63, 3.8) is 0 Å². The van der Waals surface area contributed by atoms with Crippen molar-refractivity contribution in [3.05, 3.63) is 34.9 Å². The Bertz CT molecular complexity index is 477. The SMILES string of the molecule is CNC(=O)CNCc1cc(C(F)(F)F)cc(C(F)(F)F)c1. The van der Waals surface area contributed by atoms with Crippen molar-refractivity contribution in [1.82, 2.24) is 10.6 Å². The van der Waals surface area contributed by atoms with E-state index in [1.165, 1.54) is 7.05 Å². The summed E-state index contributed by atoms with van der Waals surface area (Å²) < 4.78 is 75.5. The Morgan fingerprint density at radius 1 is 1.00 bits per heavy atom. The number of hydrogen-bond donors (Lipinski definition) is 2. The van der Waals surface area contributed by atoms with Gasteiger partial charge in [0.1, 0.15) is 0 Å². The van der Waals surface area contributed by atoms with E-state index in [2.05, 4.69) is 10.6 Å². The van der Waals surface area contributed by atoms with Gasteiger partial charge in [-0.25, -0.2) is 0 Å². The fraction of sp³-hybridized carbons (Fsp3) is 0.417. The second kappa shape index (κ2) is 6.33. The first-order valence-corrected chi connectivity index (χ1v) is 5.73. The van der Waals surface area contributed by atoms with Crippen molar-refractivity contribution in [1.29, 1.82) is 0 Å². The molecule has 3 nitrogen and oxygen atoms in total. The highest BCUT2D eigenvalue weighted by Crippen LogP contribution is 2.36. The zero-order valence-corrected chi connectivity index (χ0v) is 10.8. The highest BCUT2D eigenvalue weighted by molar-refractivity contribution is 5.77. The van der Waals surface area contributed by atoms with E-state index in [0.717, 1.165) is 0 Å². The molecule has 9 heteroatoms. The number of rotatable bonds is 4. The molecule has 0 fully saturated rings. The summed E-state index contributed by atoms with van der Waals surface area (Å²) in [5.41, 5.74) is -2.97. The van der Waals surface area contributed by atoms with Crippen LogP contribution >= 0.6 is 0 Å². The van der Waals surface area contributed by atoms with Crippen molar-refractivity contribution in [3.8, 4) is 0 Å². The van der Waals surface area contributed by atoms with Crippen LogP contribution in [0.4, 0.5) is 26.3 Å². The first-order valence-electron chi connectivity index (χ1n) is 5.73. The summed E-state index contributed by atoms with van der Waals surface area (Å²) in [5.74, 6) is -0.432. The maximum absolute atomic E-state index is 12.6. The molecule has 2 N–H and O–H groups in total. The van der Waals surface area contributed by atoms with Crippen molar-refractivity contribution in [2.24, 2.45) is 0 Å². The number of hydrogen-bond acceptors (Lipinski definition) is 2. The van der Waals surface area contributed by atoms with Gasteiger partial charge in [0.05, 0.1) is 17.7 Å². The monoisotopic (exact) mass is 314 g/mol. The second-order valence-corrected chi connectivity index (χ2v) is 4.19. The number of likely N-dealkylation sites (N-methyl/N-ethyl adjacent to an activating group) is 1. The molecular formula is C12H12F6N2O. The molecule has 0 unspecified atom stereocenters. The molecule has 0 aromatic heterocycles. The highest BCUT2D eigenvalue weighted by Gasteiger charge is 2.36. The molecular weight excluding hydrogens is 302 g/mol. The van der Waals surface area contributed by atoms with Crippen LogP contribution in [0.2, 0.25) is 0 Å². The average molecular weight is 314 g/mol. The van der Waals surface area contributed by atoms with E-state index in [1.807, 2.05) is 0 Å². The Morgan fingerprint density at radius 3 is 1.86 bits per heavy atom. The Kier molecular flexibility index (Phi) is 5.21. The van der Waals surface area contributed by atoms with E-state index in [0.29, 0.717) is 12.1 Å². The third-order valence-corrected chi connectivity index (χ3v) is 2.54. The fourth-order valence-electron chi connectivity index (χ4n) is 1.53. The molecule has 0 bridgehead atoms. The summed E-state index contributed by atoms with van der Waals surface area (Å²) >= 11 is 0. The van der Waals surface area contributed by atoms with E-state index in [4.69, 9.17) is 0 Å². The van der Waals surface area contributed by atoms with Gasteiger partial charge in [-0.1, -0.05) is 0 Å². The van der Waals surface area contributed by atoms with Crippen LogP contribution < -0.4 is 10.6 Å². The van der Waals surface area contributed by atoms with Crippen molar-refractivity contribution < 1.29 is 31.1 Å². The molecule has 1 amide bonds. The number of benzene rings is 1. The van der Waals surface area contributed by atoms with Gasteiger partial charge in [-0.2, -0.15) is 26.3 Å². The van der Waals surface area contributed by atoms with E-state index in [1.54, 1.807) is 0 Å². The zero-order chi connectivity index (χ0) is 16.3. The van der Waals surface area contributed by atoms with E-state index < -0.39 is 29.4 Å². The maximum atomic E-state index is 12.6. The molecule has 0 saturated carbocycles. The van der Waals surface area contributed by atoms with Crippen molar-refractivity contribution in [2.45, 2.75) is 18.9 Å². The van der Waals surface area contributed by atoms with E-state index >= 15 is 0 Å². The Labute approximate surface area is 116 Å². The lowest BCUT2D eigenvalue weighted by atomic mass is 10.0. The average Bonchev–Trinajstić information content (AvgIpc) is 2.36. The third-order valence-electron chi connectivity index (χ3n) is 2.54. The van der Waals surface area contributed by atoms with Crippen LogP contribution in [0.1, 0.15) is 16.7 Å². The molecule has 0 atom stereocenters. The second-order valence-electron chi connectivity index (χ2n) is 4.19. The Balaban J connectivity index is 3.00. The van der Waals surface area contributed by atoms with Gasteiger partial charge in [-0.05, 0) is 23.8 Å². The number of amides is 1. The number of carbonyl (C=O) groups is 1. The lowest BCUT2D eigenvalue weighted by Crippen LogP contribution is -2.31. The minimum absolute atomic E-state index is 0.0578. The van der Waals surface area contributed by atoms with Gasteiger partial charge in [0.25, 0.3) is 0 Å².